The molecule has 0 aliphatic heterocycles. The molecule has 1 aliphatic carbocycles. The fourth-order valence-corrected chi connectivity index (χ4v) is 2.19. The molecule has 0 nitrogen and oxygen atoms in total. The van der Waals surface area contributed by atoms with Gasteiger partial charge in [-0.2, -0.15) is 13.2 Å². The third kappa shape index (κ3) is 2.26. The van der Waals surface area contributed by atoms with Crippen LogP contribution in [0, 0.1) is 5.92 Å². The fraction of sp³-hybridized carbons (Fsp3) is 0.417. The second-order valence-electron chi connectivity index (χ2n) is 4.18. The molecule has 1 saturated carbocycles. The van der Waals surface area contributed by atoms with Gasteiger partial charge in [0, 0.05) is 0 Å². The Balaban J connectivity index is 2.13. The van der Waals surface area contributed by atoms with Gasteiger partial charge in [0.25, 0.3) is 0 Å². The van der Waals surface area contributed by atoms with E-state index in [9.17, 15) is 13.2 Å². The maximum Gasteiger partial charge on any atom is 0.416 e. The van der Waals surface area contributed by atoms with Crippen molar-refractivity contribution in [3.8, 4) is 0 Å². The Labute approximate surface area is 97.5 Å². The lowest BCUT2D eigenvalue weighted by Crippen LogP contribution is -2.04. The molecule has 2 unspecified atom stereocenters. The highest BCUT2D eigenvalue weighted by molar-refractivity contribution is 7.80. The minimum atomic E-state index is -4.25. The molecule has 0 amide bonds. The Hall–Kier alpha value is -0.900. The molecule has 0 radical (unpaired) electrons. The molecule has 1 fully saturated rings. The molecule has 86 valence electrons. The minimum absolute atomic E-state index is 0.333. The molecular formula is C12H11F3S. The number of hydrogen-bond acceptors (Lipinski definition) is 1. The van der Waals surface area contributed by atoms with E-state index < -0.39 is 11.7 Å². The van der Waals surface area contributed by atoms with E-state index in [0.29, 0.717) is 11.8 Å². The van der Waals surface area contributed by atoms with Gasteiger partial charge in [0.15, 0.2) is 0 Å². The largest absolute Gasteiger partial charge is 0.416 e. The highest BCUT2D eigenvalue weighted by Crippen LogP contribution is 2.48. The first-order chi connectivity index (χ1) is 7.39. The fourth-order valence-electron chi connectivity index (χ4n) is 1.93. The van der Waals surface area contributed by atoms with Crippen molar-refractivity contribution in [3.63, 3.8) is 0 Å². The number of thiocarbonyl (C=S) groups is 1. The second kappa shape index (κ2) is 3.84. The van der Waals surface area contributed by atoms with Crippen molar-refractivity contribution in [1.29, 1.82) is 0 Å². The van der Waals surface area contributed by atoms with Crippen LogP contribution in [0.25, 0.3) is 0 Å². The summed E-state index contributed by atoms with van der Waals surface area (Å²) in [6.45, 7) is 1.89. The van der Waals surface area contributed by atoms with Crippen LogP contribution >= 0.6 is 12.2 Å². The molecule has 4 heteroatoms. The van der Waals surface area contributed by atoms with Crippen LogP contribution in [-0.2, 0) is 6.18 Å². The van der Waals surface area contributed by atoms with E-state index in [0.717, 1.165) is 29.0 Å². The molecule has 0 N–H and O–H groups in total. The molecule has 0 heterocycles. The van der Waals surface area contributed by atoms with E-state index in [2.05, 4.69) is 0 Å². The monoisotopic (exact) mass is 244 g/mol. The van der Waals surface area contributed by atoms with E-state index in [-0.39, 0.29) is 0 Å². The van der Waals surface area contributed by atoms with Gasteiger partial charge < -0.3 is 0 Å². The van der Waals surface area contributed by atoms with Gasteiger partial charge in [0.05, 0.1) is 5.56 Å². The van der Waals surface area contributed by atoms with Gasteiger partial charge in [-0.3, -0.25) is 0 Å². The lowest BCUT2D eigenvalue weighted by molar-refractivity contribution is -0.137. The Morgan fingerprint density at radius 1 is 1.25 bits per heavy atom. The molecule has 0 saturated heterocycles. The molecule has 0 aromatic heterocycles. The van der Waals surface area contributed by atoms with E-state index in [4.69, 9.17) is 12.2 Å². The predicted molar refractivity (Wildman–Crippen MR) is 60.6 cm³/mol. The van der Waals surface area contributed by atoms with E-state index in [1.165, 1.54) is 0 Å². The summed E-state index contributed by atoms with van der Waals surface area (Å²) in [4.78, 5) is 0.949. The maximum atomic E-state index is 12.3. The summed E-state index contributed by atoms with van der Waals surface area (Å²) >= 11 is 5.06. The van der Waals surface area contributed by atoms with Crippen molar-refractivity contribution in [2.75, 3.05) is 0 Å². The smallest absolute Gasteiger partial charge is 0.166 e. The number of benzene rings is 1. The SMILES string of the molecule is CC(=S)C1CC1c1ccc(C(F)(F)F)cc1. The molecule has 1 aliphatic rings. The van der Waals surface area contributed by atoms with Crippen LogP contribution in [0.4, 0.5) is 13.2 Å². The summed E-state index contributed by atoms with van der Waals surface area (Å²) in [5, 5.41) is 0. The number of halogens is 3. The number of rotatable bonds is 2. The first-order valence-electron chi connectivity index (χ1n) is 5.07. The number of alkyl halides is 3. The van der Waals surface area contributed by atoms with Gasteiger partial charge in [-0.1, -0.05) is 24.4 Å². The topological polar surface area (TPSA) is 0 Å². The third-order valence-electron chi connectivity index (χ3n) is 2.98. The normalized spacial score (nSPS) is 24.2. The van der Waals surface area contributed by atoms with Crippen LogP contribution in [0.5, 0.6) is 0 Å². The van der Waals surface area contributed by atoms with Gasteiger partial charge >= 0.3 is 6.18 Å². The summed E-state index contributed by atoms with van der Waals surface area (Å²) in [6, 6.07) is 5.41. The molecule has 2 atom stereocenters. The Bertz CT molecular complexity index is 405. The van der Waals surface area contributed by atoms with Crippen molar-refractivity contribution in [1.82, 2.24) is 0 Å². The molecular weight excluding hydrogens is 233 g/mol. The van der Waals surface area contributed by atoms with Crippen LogP contribution in [0.15, 0.2) is 24.3 Å². The van der Waals surface area contributed by atoms with E-state index >= 15 is 0 Å². The van der Waals surface area contributed by atoms with Crippen molar-refractivity contribution in [2.24, 2.45) is 5.92 Å². The summed E-state index contributed by atoms with van der Waals surface area (Å²) < 4.78 is 37.0. The van der Waals surface area contributed by atoms with E-state index in [1.807, 2.05) is 6.92 Å². The van der Waals surface area contributed by atoms with E-state index in [1.54, 1.807) is 12.1 Å². The third-order valence-corrected chi connectivity index (χ3v) is 3.28. The van der Waals surface area contributed by atoms with Gasteiger partial charge in [0.2, 0.25) is 0 Å². The Morgan fingerprint density at radius 2 is 1.81 bits per heavy atom. The standard InChI is InChI=1S/C12H11F3S/c1-7(16)10-6-11(10)8-2-4-9(5-3-8)12(13,14)15/h2-5,10-11H,6H2,1H3. The zero-order valence-corrected chi connectivity index (χ0v) is 9.53. The van der Waals surface area contributed by atoms with Crippen LogP contribution in [0.2, 0.25) is 0 Å². The van der Waals surface area contributed by atoms with Gasteiger partial charge in [0.1, 0.15) is 0 Å². The average Bonchev–Trinajstić information content (AvgIpc) is 2.96. The predicted octanol–water partition coefficient (Wildman–Crippen LogP) is 4.20. The molecule has 2 rings (SSSR count). The Kier molecular flexibility index (Phi) is 2.78. The van der Waals surface area contributed by atoms with Gasteiger partial charge in [-0.15, -0.1) is 0 Å². The molecule has 1 aromatic carbocycles. The molecule has 16 heavy (non-hydrogen) atoms. The summed E-state index contributed by atoms with van der Waals surface area (Å²) in [6.07, 6.45) is -3.28. The molecule has 1 aromatic rings. The van der Waals surface area contributed by atoms with Crippen LogP contribution in [0.3, 0.4) is 0 Å². The first-order valence-corrected chi connectivity index (χ1v) is 5.48. The summed E-state index contributed by atoms with van der Waals surface area (Å²) in [5.74, 6) is 0.714. The quantitative estimate of drug-likeness (QED) is 0.703. The van der Waals surface area contributed by atoms with Crippen molar-refractivity contribution < 1.29 is 13.2 Å². The second-order valence-corrected chi connectivity index (χ2v) is 4.82. The highest BCUT2D eigenvalue weighted by atomic mass is 32.1. The lowest BCUT2D eigenvalue weighted by atomic mass is 10.1. The number of hydrogen-bond donors (Lipinski definition) is 0. The zero-order valence-electron chi connectivity index (χ0n) is 8.71. The van der Waals surface area contributed by atoms with Gasteiger partial charge in [-0.25, -0.2) is 0 Å². The molecule has 0 spiro atoms. The maximum absolute atomic E-state index is 12.3. The average molecular weight is 244 g/mol. The zero-order chi connectivity index (χ0) is 11.9. The highest BCUT2D eigenvalue weighted by Gasteiger charge is 2.40. The molecule has 0 bridgehead atoms. The van der Waals surface area contributed by atoms with Crippen LogP contribution < -0.4 is 0 Å². The van der Waals surface area contributed by atoms with Crippen LogP contribution in [0.1, 0.15) is 30.4 Å². The van der Waals surface area contributed by atoms with Crippen LogP contribution in [-0.4, -0.2) is 4.86 Å². The first kappa shape index (κ1) is 11.6. The van der Waals surface area contributed by atoms with Crippen molar-refractivity contribution in [3.05, 3.63) is 35.4 Å². The minimum Gasteiger partial charge on any atom is -0.166 e. The lowest BCUT2D eigenvalue weighted by Gasteiger charge is -2.07. The summed E-state index contributed by atoms with van der Waals surface area (Å²) in [7, 11) is 0. The van der Waals surface area contributed by atoms with Crippen molar-refractivity contribution in [2.45, 2.75) is 25.4 Å². The van der Waals surface area contributed by atoms with Gasteiger partial charge in [-0.05, 0) is 47.7 Å². The summed E-state index contributed by atoms with van der Waals surface area (Å²) in [5.41, 5.74) is 0.370. The Morgan fingerprint density at radius 3 is 2.19 bits per heavy atom. The van der Waals surface area contributed by atoms with Crippen molar-refractivity contribution >= 4 is 17.1 Å².